The van der Waals surface area contributed by atoms with Gasteiger partial charge in [0.1, 0.15) is 23.9 Å². The number of unbranched alkanes of at least 4 members (excludes halogenated alkanes) is 18. The number of ether oxygens (including phenoxy) is 3. The fraction of sp³-hybridized carbons (Fsp3) is 0.692. The normalized spacial score (nSPS) is 11.1. The van der Waals surface area contributed by atoms with Crippen molar-refractivity contribution >= 4 is 0 Å². The highest BCUT2D eigenvalue weighted by molar-refractivity contribution is 5.39. The van der Waals surface area contributed by atoms with Crippen LogP contribution >= 0.6 is 0 Å². The van der Waals surface area contributed by atoms with Crippen LogP contribution in [0, 0.1) is 13.8 Å². The molecule has 3 heteroatoms. The van der Waals surface area contributed by atoms with Crippen molar-refractivity contribution in [2.24, 2.45) is 0 Å². The van der Waals surface area contributed by atoms with E-state index in [2.05, 4.69) is 64.1 Å². The highest BCUT2D eigenvalue weighted by Gasteiger charge is 2.07. The second kappa shape index (κ2) is 24.3. The van der Waals surface area contributed by atoms with E-state index in [9.17, 15) is 0 Å². The molecule has 0 bridgehead atoms. The van der Waals surface area contributed by atoms with Crippen molar-refractivity contribution in [3.05, 3.63) is 53.1 Å². The Morgan fingerprint density at radius 3 is 1.31 bits per heavy atom. The van der Waals surface area contributed by atoms with Crippen LogP contribution < -0.4 is 14.2 Å². The van der Waals surface area contributed by atoms with Gasteiger partial charge in [0.15, 0.2) is 0 Å². The highest BCUT2D eigenvalue weighted by Crippen LogP contribution is 2.26. The lowest BCUT2D eigenvalue weighted by atomic mass is 10.1. The molecule has 0 N–H and O–H groups in total. The van der Waals surface area contributed by atoms with Gasteiger partial charge in [-0.05, 0) is 56.0 Å². The van der Waals surface area contributed by atoms with Crippen LogP contribution in [0.4, 0.5) is 0 Å². The van der Waals surface area contributed by atoms with Crippen LogP contribution in [0.2, 0.25) is 0 Å². The molecule has 2 rings (SSSR count). The summed E-state index contributed by atoms with van der Waals surface area (Å²) in [6.07, 6.45) is 26.7. The number of rotatable bonds is 27. The van der Waals surface area contributed by atoms with Gasteiger partial charge in [0.2, 0.25) is 0 Å². The Balaban J connectivity index is 1.75. The van der Waals surface area contributed by atoms with Gasteiger partial charge >= 0.3 is 0 Å². The molecule has 0 aromatic heterocycles. The number of hydrogen-bond acceptors (Lipinski definition) is 3. The molecule has 42 heavy (non-hydrogen) atoms. The van der Waals surface area contributed by atoms with Crippen molar-refractivity contribution in [2.45, 2.75) is 163 Å². The lowest BCUT2D eigenvalue weighted by Crippen LogP contribution is -2.03. The first kappa shape index (κ1) is 36.0. The van der Waals surface area contributed by atoms with E-state index < -0.39 is 0 Å². The zero-order chi connectivity index (χ0) is 30.1. The zero-order valence-corrected chi connectivity index (χ0v) is 28.0. The molecule has 0 atom stereocenters. The van der Waals surface area contributed by atoms with Crippen molar-refractivity contribution in [3.63, 3.8) is 0 Å². The molecule has 238 valence electrons. The van der Waals surface area contributed by atoms with Gasteiger partial charge in [0, 0.05) is 6.07 Å². The summed E-state index contributed by atoms with van der Waals surface area (Å²) in [5.74, 6) is 2.72. The molecule has 0 radical (unpaired) electrons. The molecule has 0 saturated heterocycles. The summed E-state index contributed by atoms with van der Waals surface area (Å²) in [5, 5.41) is 0. The van der Waals surface area contributed by atoms with Crippen LogP contribution in [0.3, 0.4) is 0 Å². The van der Waals surface area contributed by atoms with Gasteiger partial charge < -0.3 is 14.2 Å². The van der Waals surface area contributed by atoms with E-state index in [4.69, 9.17) is 14.2 Å². The summed E-state index contributed by atoms with van der Waals surface area (Å²) in [4.78, 5) is 0. The Bertz CT molecular complexity index is 878. The molecule has 0 aliphatic heterocycles. The van der Waals surface area contributed by atoms with Crippen molar-refractivity contribution in [1.82, 2.24) is 0 Å². The summed E-state index contributed by atoms with van der Waals surface area (Å²) in [6.45, 7) is 10.8. The van der Waals surface area contributed by atoms with E-state index in [0.717, 1.165) is 48.9 Å². The van der Waals surface area contributed by atoms with Crippen LogP contribution in [0.15, 0.2) is 36.4 Å². The smallest absolute Gasteiger partial charge is 0.123 e. The van der Waals surface area contributed by atoms with Crippen LogP contribution in [0.25, 0.3) is 0 Å². The molecule has 3 nitrogen and oxygen atoms in total. The Morgan fingerprint density at radius 1 is 0.452 bits per heavy atom. The summed E-state index contributed by atoms with van der Waals surface area (Å²) in [5.41, 5.74) is 3.51. The maximum atomic E-state index is 6.22. The minimum absolute atomic E-state index is 0.508. The second-order valence-corrected chi connectivity index (χ2v) is 12.4. The molecule has 0 unspecified atom stereocenters. The van der Waals surface area contributed by atoms with Gasteiger partial charge in [-0.3, -0.25) is 0 Å². The van der Waals surface area contributed by atoms with E-state index in [1.165, 1.54) is 127 Å². The van der Waals surface area contributed by atoms with Crippen LogP contribution in [-0.4, -0.2) is 13.2 Å². The molecule has 0 aliphatic carbocycles. The lowest BCUT2D eigenvalue weighted by molar-refractivity contribution is 0.281. The quantitative estimate of drug-likeness (QED) is 0.0984. The Labute approximate surface area is 260 Å². The molecular formula is C39H64O3. The van der Waals surface area contributed by atoms with Gasteiger partial charge in [-0.2, -0.15) is 0 Å². The number of aryl methyl sites for hydroxylation is 2. The largest absolute Gasteiger partial charge is 0.493 e. The van der Waals surface area contributed by atoms with E-state index in [-0.39, 0.29) is 0 Å². The van der Waals surface area contributed by atoms with Gasteiger partial charge in [-0.25, -0.2) is 0 Å². The average molecular weight is 581 g/mol. The minimum atomic E-state index is 0.508. The van der Waals surface area contributed by atoms with Gasteiger partial charge in [-0.1, -0.05) is 147 Å². The fourth-order valence-electron chi connectivity index (χ4n) is 5.56. The number of benzene rings is 2. The second-order valence-electron chi connectivity index (χ2n) is 12.4. The first-order chi connectivity index (χ1) is 20.6. The first-order valence-electron chi connectivity index (χ1n) is 17.7. The van der Waals surface area contributed by atoms with E-state index >= 15 is 0 Å². The van der Waals surface area contributed by atoms with Crippen molar-refractivity contribution in [1.29, 1.82) is 0 Å². The fourth-order valence-corrected chi connectivity index (χ4v) is 5.56. The lowest BCUT2D eigenvalue weighted by Gasteiger charge is -2.14. The first-order valence-corrected chi connectivity index (χ1v) is 17.7. The van der Waals surface area contributed by atoms with Crippen LogP contribution in [-0.2, 0) is 6.61 Å². The minimum Gasteiger partial charge on any atom is -0.493 e. The van der Waals surface area contributed by atoms with Crippen molar-refractivity contribution < 1.29 is 14.2 Å². The third kappa shape index (κ3) is 17.7. The van der Waals surface area contributed by atoms with E-state index in [0.29, 0.717) is 6.61 Å². The third-order valence-corrected chi connectivity index (χ3v) is 8.20. The molecule has 2 aromatic carbocycles. The van der Waals surface area contributed by atoms with Gasteiger partial charge in [0.25, 0.3) is 0 Å². The summed E-state index contributed by atoms with van der Waals surface area (Å²) >= 11 is 0. The monoisotopic (exact) mass is 580 g/mol. The van der Waals surface area contributed by atoms with Crippen LogP contribution in [0.5, 0.6) is 17.2 Å². The summed E-state index contributed by atoms with van der Waals surface area (Å²) in [7, 11) is 0. The molecule has 0 aliphatic rings. The standard InChI is InChI=1S/C39H64O3/c1-5-7-9-11-13-15-17-19-21-23-27-40-37-30-36(33-42-39-26-25-34(3)29-35(39)4)31-38(32-37)41-28-24-22-20-18-16-14-12-10-8-6-2/h25-26,29-32H,5-24,27-28,33H2,1-4H3. The molecule has 0 amide bonds. The third-order valence-electron chi connectivity index (χ3n) is 8.20. The highest BCUT2D eigenvalue weighted by atomic mass is 16.5. The van der Waals surface area contributed by atoms with Gasteiger partial charge in [0.05, 0.1) is 13.2 Å². The maximum absolute atomic E-state index is 6.22. The van der Waals surface area contributed by atoms with E-state index in [1.54, 1.807) is 0 Å². The Kier molecular flexibility index (Phi) is 20.8. The zero-order valence-electron chi connectivity index (χ0n) is 28.0. The Hall–Kier alpha value is -2.16. The van der Waals surface area contributed by atoms with Crippen LogP contribution in [0.1, 0.15) is 159 Å². The molecular weight excluding hydrogens is 516 g/mol. The summed E-state index contributed by atoms with van der Waals surface area (Å²) in [6, 6.07) is 12.6. The molecule has 2 aromatic rings. The molecule has 0 saturated carbocycles. The Morgan fingerprint density at radius 2 is 0.881 bits per heavy atom. The average Bonchev–Trinajstić information content (AvgIpc) is 2.98. The molecule has 0 heterocycles. The van der Waals surface area contributed by atoms with Crippen molar-refractivity contribution in [2.75, 3.05) is 13.2 Å². The SMILES string of the molecule is CCCCCCCCCCCCOc1cc(COc2ccc(C)cc2C)cc(OCCCCCCCCCCCC)c1. The predicted octanol–water partition coefficient (Wildman–Crippen LogP) is 12.5. The topological polar surface area (TPSA) is 27.7 Å². The van der Waals surface area contributed by atoms with Crippen molar-refractivity contribution in [3.8, 4) is 17.2 Å². The maximum Gasteiger partial charge on any atom is 0.123 e. The molecule has 0 spiro atoms. The molecule has 0 fully saturated rings. The van der Waals surface area contributed by atoms with E-state index in [1.807, 2.05) is 0 Å². The predicted molar refractivity (Wildman–Crippen MR) is 181 cm³/mol. The summed E-state index contributed by atoms with van der Waals surface area (Å²) < 4.78 is 18.6. The van der Waals surface area contributed by atoms with Gasteiger partial charge in [-0.15, -0.1) is 0 Å². The number of hydrogen-bond donors (Lipinski definition) is 0.